The molecule has 0 unspecified atom stereocenters. The maximum absolute atomic E-state index is 12.7. The highest BCUT2D eigenvalue weighted by atomic mass is 35.5. The lowest BCUT2D eigenvalue weighted by Gasteiger charge is -2.09. The molecular weight excluding hydrogens is 439 g/mol. The van der Waals surface area contributed by atoms with Crippen molar-refractivity contribution < 1.29 is 32.6 Å². The number of hydrogen-bond donors (Lipinski definition) is 3. The minimum atomic E-state index is -4.52. The van der Waals surface area contributed by atoms with Gasteiger partial charge in [-0.2, -0.15) is 18.3 Å². The summed E-state index contributed by atoms with van der Waals surface area (Å²) in [6.07, 6.45) is -3.74. The van der Waals surface area contributed by atoms with Crippen molar-refractivity contribution in [3.05, 3.63) is 52.5 Å². The Balaban J connectivity index is 1.85. The summed E-state index contributed by atoms with van der Waals surface area (Å²) >= 11 is 5.90. The highest BCUT2D eigenvalue weighted by molar-refractivity contribution is 6.32. The fraction of sp³-hybridized carbons (Fsp3) is 0.250. The Kier molecular flexibility index (Phi) is 8.26. The number of aromatic hydroxyl groups is 1. The fourth-order valence-corrected chi connectivity index (χ4v) is 2.61. The molecule has 2 amide bonds. The summed E-state index contributed by atoms with van der Waals surface area (Å²) < 4.78 is 43.3. The van der Waals surface area contributed by atoms with E-state index in [0.29, 0.717) is 12.2 Å². The Bertz CT molecular complexity index is 981. The van der Waals surface area contributed by atoms with E-state index in [1.807, 2.05) is 0 Å². The number of carbonyl (C=O) groups excluding carboxylic acids is 2. The normalized spacial score (nSPS) is 11.4. The molecule has 3 N–H and O–H groups in total. The highest BCUT2D eigenvalue weighted by Gasteiger charge is 2.30. The van der Waals surface area contributed by atoms with Gasteiger partial charge in [0.25, 0.3) is 0 Å². The molecule has 0 radical (unpaired) electrons. The maximum Gasteiger partial charge on any atom is 0.416 e. The van der Waals surface area contributed by atoms with Crippen molar-refractivity contribution >= 4 is 35.3 Å². The number of nitrogens with one attached hydrogen (secondary N) is 2. The van der Waals surface area contributed by atoms with E-state index in [4.69, 9.17) is 16.3 Å². The molecule has 0 aliphatic carbocycles. The van der Waals surface area contributed by atoms with Gasteiger partial charge in [-0.15, -0.1) is 0 Å². The maximum atomic E-state index is 12.7. The highest BCUT2D eigenvalue weighted by Crippen LogP contribution is 2.34. The summed E-state index contributed by atoms with van der Waals surface area (Å²) in [5, 5.41) is 15.9. The van der Waals surface area contributed by atoms with Crippen LogP contribution in [0.4, 0.5) is 18.9 Å². The number of phenols is 1. The van der Waals surface area contributed by atoms with Crippen LogP contribution in [0.3, 0.4) is 0 Å². The lowest BCUT2D eigenvalue weighted by atomic mass is 10.2. The summed E-state index contributed by atoms with van der Waals surface area (Å²) in [5.74, 6) is -1.25. The first kappa shape index (κ1) is 24.0. The SMILES string of the molecule is CCOc1cc(C=NNC(=O)CCC(=O)Nc2cccc(C(F)(F)F)c2)cc(Cl)c1O. The summed E-state index contributed by atoms with van der Waals surface area (Å²) in [6, 6.07) is 7.07. The van der Waals surface area contributed by atoms with Crippen LogP contribution >= 0.6 is 11.6 Å². The molecule has 31 heavy (non-hydrogen) atoms. The zero-order valence-corrected chi connectivity index (χ0v) is 17.0. The molecule has 0 atom stereocenters. The van der Waals surface area contributed by atoms with Gasteiger partial charge in [-0.1, -0.05) is 17.7 Å². The molecule has 166 valence electrons. The number of carbonyl (C=O) groups is 2. The number of halogens is 4. The van der Waals surface area contributed by atoms with Crippen LogP contribution in [0, 0.1) is 0 Å². The van der Waals surface area contributed by atoms with Crippen LogP contribution in [0.5, 0.6) is 11.5 Å². The summed E-state index contributed by atoms with van der Waals surface area (Å²) in [7, 11) is 0. The number of anilines is 1. The van der Waals surface area contributed by atoms with Gasteiger partial charge in [0.15, 0.2) is 11.5 Å². The standard InChI is InChI=1S/C20H19ClF3N3O4/c1-2-31-16-9-12(8-15(21)19(16)30)11-25-27-18(29)7-6-17(28)26-14-5-3-4-13(10-14)20(22,23)24/h3-5,8-11,30H,2,6-7H2,1H3,(H,26,28)(H,27,29). The fourth-order valence-electron chi connectivity index (χ4n) is 2.39. The third-order valence-electron chi connectivity index (χ3n) is 3.81. The number of hydrogen-bond acceptors (Lipinski definition) is 5. The van der Waals surface area contributed by atoms with E-state index in [-0.39, 0.29) is 35.1 Å². The molecule has 0 saturated heterocycles. The Labute approximate surface area is 180 Å². The first-order valence-corrected chi connectivity index (χ1v) is 9.42. The zero-order valence-electron chi connectivity index (χ0n) is 16.3. The largest absolute Gasteiger partial charge is 0.503 e. The van der Waals surface area contributed by atoms with Gasteiger partial charge in [0.05, 0.1) is 23.4 Å². The van der Waals surface area contributed by atoms with Gasteiger partial charge in [-0.05, 0) is 42.8 Å². The minimum absolute atomic E-state index is 0.0208. The first-order chi connectivity index (χ1) is 14.6. The number of phenolic OH excluding ortho intramolecular Hbond substituents is 1. The Hall–Kier alpha value is -3.27. The number of alkyl halides is 3. The molecule has 0 aliphatic heterocycles. The van der Waals surface area contributed by atoms with Crippen molar-refractivity contribution in [2.24, 2.45) is 5.10 Å². The van der Waals surface area contributed by atoms with Crippen molar-refractivity contribution in [1.29, 1.82) is 0 Å². The molecule has 2 aromatic rings. The second-order valence-electron chi connectivity index (χ2n) is 6.20. The summed E-state index contributed by atoms with van der Waals surface area (Å²) in [6.45, 7) is 2.04. The Morgan fingerprint density at radius 3 is 2.58 bits per heavy atom. The third-order valence-corrected chi connectivity index (χ3v) is 4.09. The third kappa shape index (κ3) is 7.49. The smallest absolute Gasteiger partial charge is 0.416 e. The van der Waals surface area contributed by atoms with E-state index in [9.17, 15) is 27.9 Å². The molecule has 0 fully saturated rings. The number of benzene rings is 2. The van der Waals surface area contributed by atoms with E-state index in [0.717, 1.165) is 12.1 Å². The Morgan fingerprint density at radius 2 is 1.90 bits per heavy atom. The Morgan fingerprint density at radius 1 is 1.19 bits per heavy atom. The predicted molar refractivity (Wildman–Crippen MR) is 109 cm³/mol. The van der Waals surface area contributed by atoms with Crippen molar-refractivity contribution in [1.82, 2.24) is 5.43 Å². The van der Waals surface area contributed by atoms with Crippen molar-refractivity contribution in [2.45, 2.75) is 25.9 Å². The molecule has 11 heteroatoms. The van der Waals surface area contributed by atoms with Gasteiger partial charge in [0.1, 0.15) is 0 Å². The van der Waals surface area contributed by atoms with Crippen LogP contribution in [0.15, 0.2) is 41.5 Å². The topological polar surface area (TPSA) is 100 Å². The number of nitrogens with zero attached hydrogens (tertiary/aromatic N) is 1. The average molecular weight is 458 g/mol. The van der Waals surface area contributed by atoms with Crippen LogP contribution in [-0.4, -0.2) is 29.7 Å². The monoisotopic (exact) mass is 457 g/mol. The average Bonchev–Trinajstić information content (AvgIpc) is 2.70. The molecular formula is C20H19ClF3N3O4. The van der Waals surface area contributed by atoms with Gasteiger partial charge in [-0.25, -0.2) is 5.43 Å². The van der Waals surface area contributed by atoms with E-state index < -0.39 is 23.6 Å². The molecule has 7 nitrogen and oxygen atoms in total. The summed E-state index contributed by atoms with van der Waals surface area (Å²) in [5.41, 5.74) is 1.76. The van der Waals surface area contributed by atoms with Gasteiger partial charge >= 0.3 is 6.18 Å². The van der Waals surface area contributed by atoms with Crippen LogP contribution in [0.1, 0.15) is 30.9 Å². The molecule has 2 aromatic carbocycles. The van der Waals surface area contributed by atoms with Gasteiger partial charge in [-0.3, -0.25) is 9.59 Å². The van der Waals surface area contributed by atoms with Crippen molar-refractivity contribution in [3.8, 4) is 11.5 Å². The van der Waals surface area contributed by atoms with E-state index in [1.165, 1.54) is 30.5 Å². The predicted octanol–water partition coefficient (Wildman–Crippen LogP) is 4.33. The van der Waals surface area contributed by atoms with Gasteiger partial charge in [0, 0.05) is 18.5 Å². The van der Waals surface area contributed by atoms with E-state index >= 15 is 0 Å². The van der Waals surface area contributed by atoms with E-state index in [1.54, 1.807) is 6.92 Å². The second-order valence-corrected chi connectivity index (χ2v) is 6.61. The molecule has 0 heterocycles. The molecule has 0 aliphatic rings. The first-order valence-electron chi connectivity index (χ1n) is 9.04. The van der Waals surface area contributed by atoms with Gasteiger partial charge in [0.2, 0.25) is 11.8 Å². The number of amides is 2. The zero-order chi connectivity index (χ0) is 23.0. The molecule has 0 aromatic heterocycles. The number of ether oxygens (including phenoxy) is 1. The lowest BCUT2D eigenvalue weighted by molar-refractivity contribution is -0.137. The number of hydrazone groups is 1. The lowest BCUT2D eigenvalue weighted by Crippen LogP contribution is -2.20. The van der Waals surface area contributed by atoms with Crippen LogP contribution in [0.25, 0.3) is 0 Å². The van der Waals surface area contributed by atoms with Crippen LogP contribution < -0.4 is 15.5 Å². The van der Waals surface area contributed by atoms with Crippen LogP contribution in [0.2, 0.25) is 5.02 Å². The molecule has 2 rings (SSSR count). The minimum Gasteiger partial charge on any atom is -0.503 e. The second kappa shape index (κ2) is 10.7. The molecule has 0 bridgehead atoms. The van der Waals surface area contributed by atoms with Crippen molar-refractivity contribution in [3.63, 3.8) is 0 Å². The summed E-state index contributed by atoms with van der Waals surface area (Å²) in [4.78, 5) is 23.7. The van der Waals surface area contributed by atoms with Crippen LogP contribution in [-0.2, 0) is 15.8 Å². The van der Waals surface area contributed by atoms with Crippen molar-refractivity contribution in [2.75, 3.05) is 11.9 Å². The molecule has 0 spiro atoms. The molecule has 0 saturated carbocycles. The number of rotatable bonds is 8. The van der Waals surface area contributed by atoms with E-state index in [2.05, 4.69) is 15.8 Å². The van der Waals surface area contributed by atoms with Gasteiger partial charge < -0.3 is 15.2 Å². The quantitative estimate of drug-likeness (QED) is 0.405.